The molecule has 3 rings (SSSR count). The van der Waals surface area contributed by atoms with Gasteiger partial charge < -0.3 is 14.4 Å². The van der Waals surface area contributed by atoms with Crippen molar-refractivity contribution in [3.05, 3.63) is 76.4 Å². The number of benzene rings is 2. The Balaban J connectivity index is 1.87. The molecule has 0 spiro atoms. The summed E-state index contributed by atoms with van der Waals surface area (Å²) in [7, 11) is 2.68. The fourth-order valence-corrected chi connectivity index (χ4v) is 3.77. The predicted octanol–water partition coefficient (Wildman–Crippen LogP) is 4.58. The summed E-state index contributed by atoms with van der Waals surface area (Å²) >= 11 is 1.57. The van der Waals surface area contributed by atoms with Crippen LogP contribution in [-0.2, 0) is 25.8 Å². The van der Waals surface area contributed by atoms with E-state index in [1.807, 2.05) is 56.4 Å². The monoisotopic (exact) mass is 437 g/mol. The maximum Gasteiger partial charge on any atom is 0.360 e. The lowest BCUT2D eigenvalue weighted by molar-refractivity contribution is -0.132. The molecule has 31 heavy (non-hydrogen) atoms. The Hall–Kier alpha value is -3.52. The van der Waals surface area contributed by atoms with Gasteiger partial charge >= 0.3 is 5.97 Å². The Labute approximate surface area is 185 Å². The SMILES string of the molecule is CO/N=C(/C(=O)OC)c1cccc(C)c1CO/N=C(\C)c1ccccc1-c1cncs1. The molecule has 0 atom stereocenters. The van der Waals surface area contributed by atoms with E-state index in [9.17, 15) is 4.79 Å². The van der Waals surface area contributed by atoms with Gasteiger partial charge in [-0.2, -0.15) is 0 Å². The molecule has 160 valence electrons. The van der Waals surface area contributed by atoms with E-state index in [1.54, 1.807) is 22.9 Å². The number of hydrogen-bond acceptors (Lipinski definition) is 8. The number of aryl methyl sites for hydroxylation is 1. The molecule has 0 aliphatic heterocycles. The lowest BCUT2D eigenvalue weighted by Gasteiger charge is -2.13. The number of rotatable bonds is 8. The van der Waals surface area contributed by atoms with Gasteiger partial charge in [0.1, 0.15) is 13.7 Å². The number of aromatic nitrogens is 1. The van der Waals surface area contributed by atoms with Gasteiger partial charge in [0.15, 0.2) is 5.71 Å². The summed E-state index contributed by atoms with van der Waals surface area (Å²) in [5.41, 5.74) is 6.90. The Morgan fingerprint density at radius 3 is 2.55 bits per heavy atom. The average molecular weight is 438 g/mol. The second-order valence-electron chi connectivity index (χ2n) is 6.58. The molecule has 2 aromatic carbocycles. The molecule has 1 heterocycles. The topological polar surface area (TPSA) is 82.4 Å². The number of hydrogen-bond donors (Lipinski definition) is 0. The van der Waals surface area contributed by atoms with Crippen molar-refractivity contribution >= 4 is 28.7 Å². The molecule has 0 aliphatic carbocycles. The number of esters is 1. The van der Waals surface area contributed by atoms with Crippen LogP contribution in [0.4, 0.5) is 0 Å². The molecule has 0 saturated carbocycles. The van der Waals surface area contributed by atoms with Crippen molar-refractivity contribution < 1.29 is 19.2 Å². The Bertz CT molecular complexity index is 1110. The second-order valence-corrected chi connectivity index (χ2v) is 7.46. The smallest absolute Gasteiger partial charge is 0.360 e. The van der Waals surface area contributed by atoms with E-state index >= 15 is 0 Å². The summed E-state index contributed by atoms with van der Waals surface area (Å²) in [5, 5.41) is 8.17. The predicted molar refractivity (Wildman–Crippen MR) is 121 cm³/mol. The van der Waals surface area contributed by atoms with Crippen LogP contribution in [0, 0.1) is 6.92 Å². The van der Waals surface area contributed by atoms with Crippen molar-refractivity contribution in [3.63, 3.8) is 0 Å². The quantitative estimate of drug-likeness (QED) is 0.293. The van der Waals surface area contributed by atoms with Crippen LogP contribution in [0.1, 0.15) is 29.2 Å². The van der Waals surface area contributed by atoms with Gasteiger partial charge in [0.2, 0.25) is 0 Å². The minimum Gasteiger partial charge on any atom is -0.464 e. The minimum atomic E-state index is -0.591. The molecule has 0 fully saturated rings. The van der Waals surface area contributed by atoms with E-state index in [1.165, 1.54) is 14.2 Å². The standard InChI is InChI=1S/C23H23N3O4S/c1-15-8-7-11-19(22(26-29-4)23(27)28-3)20(15)13-30-25-16(2)17-9-5-6-10-18(17)21-12-24-14-31-21/h5-12,14H,13H2,1-4H3/b25-16+,26-22+. The highest BCUT2D eigenvalue weighted by molar-refractivity contribution is 7.13. The molecule has 0 N–H and O–H groups in total. The summed E-state index contributed by atoms with van der Waals surface area (Å²) < 4.78 is 4.84. The zero-order chi connectivity index (χ0) is 22.2. The Morgan fingerprint density at radius 2 is 1.84 bits per heavy atom. The van der Waals surface area contributed by atoms with Crippen molar-refractivity contribution in [2.75, 3.05) is 14.2 Å². The molecule has 0 unspecified atom stereocenters. The molecular weight excluding hydrogens is 414 g/mol. The number of oxime groups is 2. The molecule has 0 amide bonds. The number of carbonyl (C=O) groups is 1. The maximum absolute atomic E-state index is 12.2. The van der Waals surface area contributed by atoms with Crippen LogP contribution in [0.3, 0.4) is 0 Å². The fourth-order valence-electron chi connectivity index (χ4n) is 3.11. The van der Waals surface area contributed by atoms with E-state index in [4.69, 9.17) is 14.4 Å². The maximum atomic E-state index is 12.2. The van der Waals surface area contributed by atoms with Crippen molar-refractivity contribution in [2.24, 2.45) is 10.3 Å². The number of methoxy groups -OCH3 is 1. The van der Waals surface area contributed by atoms with Gasteiger partial charge in [0.05, 0.1) is 23.2 Å². The van der Waals surface area contributed by atoms with Gasteiger partial charge in [-0.25, -0.2) is 4.79 Å². The molecule has 3 aromatic rings. The van der Waals surface area contributed by atoms with Crippen LogP contribution < -0.4 is 0 Å². The van der Waals surface area contributed by atoms with Gasteiger partial charge in [-0.05, 0) is 19.4 Å². The Morgan fingerprint density at radius 1 is 1.06 bits per heavy atom. The highest BCUT2D eigenvalue weighted by Gasteiger charge is 2.20. The van der Waals surface area contributed by atoms with Crippen molar-refractivity contribution in [1.82, 2.24) is 4.98 Å². The molecule has 0 aliphatic rings. The molecule has 7 nitrogen and oxygen atoms in total. The first-order valence-corrected chi connectivity index (χ1v) is 10.4. The van der Waals surface area contributed by atoms with E-state index in [2.05, 4.69) is 15.3 Å². The zero-order valence-electron chi connectivity index (χ0n) is 17.8. The summed E-state index contributed by atoms with van der Waals surface area (Å²) in [6.07, 6.45) is 1.83. The van der Waals surface area contributed by atoms with E-state index in [-0.39, 0.29) is 12.3 Å². The molecular formula is C23H23N3O4S. The summed E-state index contributed by atoms with van der Waals surface area (Å²) in [6, 6.07) is 13.5. The highest BCUT2D eigenvalue weighted by atomic mass is 32.1. The van der Waals surface area contributed by atoms with Crippen LogP contribution in [0.5, 0.6) is 0 Å². The van der Waals surface area contributed by atoms with Crippen LogP contribution in [0.15, 0.2) is 64.5 Å². The first kappa shape index (κ1) is 22.2. The van der Waals surface area contributed by atoms with Gasteiger partial charge in [-0.1, -0.05) is 52.8 Å². The average Bonchev–Trinajstić information content (AvgIpc) is 3.33. The second kappa shape index (κ2) is 10.5. The van der Waals surface area contributed by atoms with Crippen LogP contribution in [0.2, 0.25) is 0 Å². The summed E-state index contributed by atoms with van der Waals surface area (Å²) in [4.78, 5) is 27.9. The molecule has 0 bridgehead atoms. The van der Waals surface area contributed by atoms with Crippen LogP contribution in [0.25, 0.3) is 10.4 Å². The summed E-state index contributed by atoms with van der Waals surface area (Å²) in [6.45, 7) is 3.98. The van der Waals surface area contributed by atoms with Gasteiger partial charge in [-0.3, -0.25) is 4.98 Å². The minimum absolute atomic E-state index is 0.0727. The number of nitrogens with zero attached hydrogens (tertiary/aromatic N) is 3. The van der Waals surface area contributed by atoms with Gasteiger partial charge in [0.25, 0.3) is 0 Å². The molecule has 0 saturated heterocycles. The van der Waals surface area contributed by atoms with E-state index in [0.29, 0.717) is 5.56 Å². The fraction of sp³-hybridized carbons (Fsp3) is 0.217. The third kappa shape index (κ3) is 5.16. The third-order valence-electron chi connectivity index (χ3n) is 4.65. The van der Waals surface area contributed by atoms with Crippen molar-refractivity contribution in [3.8, 4) is 10.4 Å². The number of ether oxygens (including phenoxy) is 1. The number of thiazole rings is 1. The lowest BCUT2D eigenvalue weighted by atomic mass is 9.99. The van der Waals surface area contributed by atoms with Crippen LogP contribution in [-0.4, -0.2) is 36.6 Å². The first-order chi connectivity index (χ1) is 15.1. The zero-order valence-corrected chi connectivity index (χ0v) is 18.6. The molecule has 1 aromatic heterocycles. The molecule has 8 heteroatoms. The largest absolute Gasteiger partial charge is 0.464 e. The first-order valence-electron chi connectivity index (χ1n) is 9.50. The van der Waals surface area contributed by atoms with Gasteiger partial charge in [0, 0.05) is 28.5 Å². The van der Waals surface area contributed by atoms with Crippen molar-refractivity contribution in [2.45, 2.75) is 20.5 Å². The molecule has 0 radical (unpaired) electrons. The van der Waals surface area contributed by atoms with Crippen molar-refractivity contribution in [1.29, 1.82) is 0 Å². The summed E-state index contributed by atoms with van der Waals surface area (Å²) in [5.74, 6) is -0.591. The highest BCUT2D eigenvalue weighted by Crippen LogP contribution is 2.27. The Kier molecular flexibility index (Phi) is 7.50. The van der Waals surface area contributed by atoms with E-state index < -0.39 is 5.97 Å². The lowest BCUT2D eigenvalue weighted by Crippen LogP contribution is -2.20. The third-order valence-corrected chi connectivity index (χ3v) is 5.46. The van der Waals surface area contributed by atoms with E-state index in [0.717, 1.165) is 32.8 Å². The van der Waals surface area contributed by atoms with Gasteiger partial charge in [-0.15, -0.1) is 11.3 Å². The number of carbonyl (C=O) groups excluding carboxylic acids is 1. The normalized spacial score (nSPS) is 11.9. The van der Waals surface area contributed by atoms with Crippen LogP contribution >= 0.6 is 11.3 Å².